The van der Waals surface area contributed by atoms with Crippen LogP contribution in [0.1, 0.15) is 0 Å². The van der Waals surface area contributed by atoms with E-state index in [0.29, 0.717) is 0 Å². The van der Waals surface area contributed by atoms with E-state index in [9.17, 15) is 0 Å². The summed E-state index contributed by atoms with van der Waals surface area (Å²) in [4.78, 5) is 24.8. The molecule has 0 fully saturated rings. The summed E-state index contributed by atoms with van der Waals surface area (Å²) in [6.45, 7) is 0. The molecule has 0 saturated carbocycles. The van der Waals surface area contributed by atoms with Gasteiger partial charge in [-0.15, -0.1) is 0 Å². The first kappa shape index (κ1) is 69.5. The van der Waals surface area contributed by atoms with Gasteiger partial charge in [-0.3, -0.25) is 0 Å². The van der Waals surface area contributed by atoms with Gasteiger partial charge in [-0.25, -0.2) is 0 Å². The van der Waals surface area contributed by atoms with Crippen LogP contribution in [-0.2, 0) is 0 Å². The molecule has 17 nitrogen and oxygen atoms in total. The van der Waals surface area contributed by atoms with Gasteiger partial charge in [0, 0.05) is 0 Å². The molecule has 0 amide bonds. The van der Waals surface area contributed by atoms with E-state index in [4.69, 9.17) is 46.0 Å². The predicted molar refractivity (Wildman–Crippen MR) is 49.2 cm³/mol. The molecule has 0 aromatic carbocycles. The summed E-state index contributed by atoms with van der Waals surface area (Å²) < 4.78 is 0. The van der Waals surface area contributed by atoms with Crippen LogP contribution >= 0.6 is 0 Å². The molecule has 0 heterocycles. The third-order valence-corrected chi connectivity index (χ3v) is 0. The molecule has 0 rings (SSSR count). The zero-order valence-electron chi connectivity index (χ0n) is 7.85. The number of hydrogen-bond donors (Lipinski definition) is 0. The summed E-state index contributed by atoms with van der Waals surface area (Å²) in [6.07, 6.45) is 0. The van der Waals surface area contributed by atoms with Crippen LogP contribution < -0.4 is 0 Å². The topological polar surface area (TPSA) is 356 Å². The molecule has 0 aliphatic heterocycles. The van der Waals surface area contributed by atoms with Crippen molar-refractivity contribution in [1.82, 2.24) is 0 Å². The summed E-state index contributed by atoms with van der Waals surface area (Å²) in [5.74, 6) is 0. The maximum Gasteiger partial charge on any atom is 3.00 e. The van der Waals surface area contributed by atoms with E-state index in [1.807, 2.05) is 0 Å². The van der Waals surface area contributed by atoms with Crippen LogP contribution in [-0.4, -0.2) is 42.6 Å². The van der Waals surface area contributed by atoms with Crippen LogP contribution in [0, 0.1) is 84.6 Å². The maximum atomic E-state index is 8.25. The Labute approximate surface area is 127 Å². The average Bonchev–Trinajstić information content (AvgIpc) is 1.54. The molecule has 18 heavy (non-hydrogen) atoms. The zero-order valence-corrected chi connectivity index (χ0v) is 9.99. The quantitative estimate of drug-likeness (QED) is 0.259. The van der Waals surface area contributed by atoms with E-state index in [0.717, 1.165) is 0 Å². The van der Waals surface area contributed by atoms with Crippen LogP contribution in [0.3, 0.4) is 0 Å². The summed E-state index contributed by atoms with van der Waals surface area (Å²) >= 11 is 0. The molecule has 0 atom stereocenters. The van der Waals surface area contributed by atoms with Crippen molar-refractivity contribution in [3.05, 3.63) is 46.0 Å². The Kier molecular flexibility index (Phi) is 221. The van der Waals surface area contributed by atoms with E-state index in [1.165, 1.54) is 0 Å². The maximum absolute atomic E-state index is 8.25. The molecule has 0 aliphatic rings. The summed E-state index contributed by atoms with van der Waals surface area (Å²) in [6, 6.07) is 0. The Morgan fingerprint density at radius 2 is 0.444 bits per heavy atom. The Morgan fingerprint density at radius 3 is 0.444 bits per heavy atom. The van der Waals surface area contributed by atoms with Gasteiger partial charge in [0.25, 0.3) is 0 Å². The Bertz CT molecular complexity index is 115. The van der Waals surface area contributed by atoms with Gasteiger partial charge in [-0.1, -0.05) is 0 Å². The molecule has 0 unspecified atom stereocenters. The van der Waals surface area contributed by atoms with Crippen LogP contribution in [0.15, 0.2) is 0 Å². The minimum atomic E-state index is -1.75. The number of rotatable bonds is 0. The third-order valence-electron chi connectivity index (χ3n) is 0. The molecule has 0 radical (unpaired) electrons. The molecular weight excluding hydrogens is 425 g/mol. The zero-order chi connectivity index (χ0) is 10.7. The first-order valence-electron chi connectivity index (χ1n) is 1.64. The van der Waals surface area contributed by atoms with Gasteiger partial charge < -0.3 is 73.3 Å². The standard InChI is InChI=1S/3NO3.5H2O.Tb/c3*2-1(3)4;;;;;;/h;;;5*1H2;/q3*-1;;;;;;+3. The Morgan fingerprint density at radius 1 is 0.444 bits per heavy atom. The molecule has 0 saturated heterocycles. The minimum Gasteiger partial charge on any atom is -0.412 e. The molecule has 18 heteroatoms. The fraction of sp³-hybridized carbons (Fsp3) is 0. The van der Waals surface area contributed by atoms with Gasteiger partial charge in [0.2, 0.25) is 0 Å². The van der Waals surface area contributed by atoms with Gasteiger partial charge in [-0.05, 0) is 0 Å². The van der Waals surface area contributed by atoms with Crippen molar-refractivity contribution >= 4 is 0 Å². The summed E-state index contributed by atoms with van der Waals surface area (Å²) in [7, 11) is 0. The van der Waals surface area contributed by atoms with E-state index >= 15 is 0 Å². The summed E-state index contributed by atoms with van der Waals surface area (Å²) in [5, 5.41) is 44.2. The molecule has 10 N–H and O–H groups in total. The van der Waals surface area contributed by atoms with Crippen molar-refractivity contribution in [2.75, 3.05) is 0 Å². The summed E-state index contributed by atoms with van der Waals surface area (Å²) in [5.41, 5.74) is 0. The van der Waals surface area contributed by atoms with E-state index in [1.54, 1.807) is 0 Å². The second-order valence-electron chi connectivity index (χ2n) is 0.671. The van der Waals surface area contributed by atoms with Gasteiger partial charge in [-0.2, -0.15) is 0 Å². The van der Waals surface area contributed by atoms with Gasteiger partial charge in [0.05, 0.1) is 15.3 Å². The Balaban J connectivity index is -0.00000000827. The van der Waals surface area contributed by atoms with Crippen molar-refractivity contribution < 1.29 is 81.3 Å². The predicted octanol–water partition coefficient (Wildman–Crippen LogP) is -4.84. The SMILES string of the molecule is O.O.O.O.O.O=[N+]([O-])[O-].O=[N+]([O-])[O-].O=[N+]([O-])[O-].[Tb+3]. The first-order valence-corrected chi connectivity index (χ1v) is 1.64. The van der Waals surface area contributed by atoms with E-state index < -0.39 is 15.3 Å². The molecule has 0 aliphatic carbocycles. The van der Waals surface area contributed by atoms with Crippen molar-refractivity contribution in [2.24, 2.45) is 0 Å². The second kappa shape index (κ2) is 57.3. The monoisotopic (exact) mass is 435 g/mol. The number of nitrogens with zero attached hydrogens (tertiary/aromatic N) is 3. The van der Waals surface area contributed by atoms with Crippen molar-refractivity contribution in [1.29, 1.82) is 0 Å². The van der Waals surface area contributed by atoms with Crippen LogP contribution in [0.2, 0.25) is 0 Å². The van der Waals surface area contributed by atoms with Gasteiger partial charge in [0.15, 0.2) is 0 Å². The normalized spacial score (nSPS) is 4.00. The van der Waals surface area contributed by atoms with Crippen molar-refractivity contribution in [3.63, 3.8) is 0 Å². The first-order chi connectivity index (χ1) is 5.20. The largest absolute Gasteiger partial charge is 3.00 e. The van der Waals surface area contributed by atoms with E-state index in [-0.39, 0.29) is 66.0 Å². The molecule has 0 aromatic rings. The fourth-order valence-corrected chi connectivity index (χ4v) is 0. The Hall–Kier alpha value is -1.31. The second-order valence-corrected chi connectivity index (χ2v) is 0.671. The van der Waals surface area contributed by atoms with Crippen LogP contribution in [0.4, 0.5) is 0 Å². The minimum absolute atomic E-state index is 0. The fourth-order valence-electron chi connectivity index (χ4n) is 0. The number of hydrogen-bond acceptors (Lipinski definition) is 9. The molecule has 0 aromatic heterocycles. The molecular formula is H10N3O14Tb. The molecule has 118 valence electrons. The average molecular weight is 435 g/mol. The third kappa shape index (κ3) is 1590. The van der Waals surface area contributed by atoms with E-state index in [2.05, 4.69) is 0 Å². The smallest absolute Gasteiger partial charge is 0.412 e. The van der Waals surface area contributed by atoms with Gasteiger partial charge in [0.1, 0.15) is 0 Å². The van der Waals surface area contributed by atoms with Crippen molar-refractivity contribution in [2.45, 2.75) is 0 Å². The van der Waals surface area contributed by atoms with Crippen molar-refractivity contribution in [3.8, 4) is 0 Å². The molecule has 0 bridgehead atoms. The molecule has 0 spiro atoms. The van der Waals surface area contributed by atoms with Gasteiger partial charge >= 0.3 is 38.6 Å². The van der Waals surface area contributed by atoms with Crippen LogP contribution in [0.5, 0.6) is 0 Å². The van der Waals surface area contributed by atoms with Crippen LogP contribution in [0.25, 0.3) is 0 Å².